The number of anilines is 1. The zero-order valence-corrected chi connectivity index (χ0v) is 11.7. The van der Waals surface area contributed by atoms with Gasteiger partial charge in [0.2, 0.25) is 0 Å². The lowest BCUT2D eigenvalue weighted by Crippen LogP contribution is -2.37. The Bertz CT molecular complexity index is 437. The highest BCUT2D eigenvalue weighted by molar-refractivity contribution is 5.95. The maximum atomic E-state index is 12.3. The van der Waals surface area contributed by atoms with Gasteiger partial charge >= 0.3 is 0 Å². The molecule has 0 aliphatic rings. The van der Waals surface area contributed by atoms with Gasteiger partial charge in [0, 0.05) is 18.3 Å². The number of aryl methyl sites for hydroxylation is 1. The Morgan fingerprint density at radius 2 is 2.26 bits per heavy atom. The third-order valence-corrected chi connectivity index (χ3v) is 3.03. The number of nitrogen functional groups attached to an aromatic ring is 1. The van der Waals surface area contributed by atoms with Crippen LogP contribution in [0.1, 0.15) is 36.3 Å². The van der Waals surface area contributed by atoms with Crippen molar-refractivity contribution >= 4 is 11.7 Å². The fourth-order valence-corrected chi connectivity index (χ4v) is 1.70. The van der Waals surface area contributed by atoms with E-state index in [2.05, 4.69) is 10.4 Å². The van der Waals surface area contributed by atoms with E-state index >= 15 is 0 Å². The Morgan fingerprint density at radius 3 is 2.79 bits per heavy atom. The summed E-state index contributed by atoms with van der Waals surface area (Å²) >= 11 is 0. The van der Waals surface area contributed by atoms with Crippen LogP contribution in [0.15, 0.2) is 12.1 Å². The molecule has 1 amide bonds. The van der Waals surface area contributed by atoms with Gasteiger partial charge in [0.15, 0.2) is 0 Å². The lowest BCUT2D eigenvalue weighted by molar-refractivity contribution is 0.0682. The Morgan fingerprint density at radius 1 is 1.58 bits per heavy atom. The summed E-state index contributed by atoms with van der Waals surface area (Å²) in [6, 6.07) is 3.15. The zero-order chi connectivity index (χ0) is 14.4. The van der Waals surface area contributed by atoms with Crippen LogP contribution in [-0.2, 0) is 6.42 Å². The SMILES string of the molecule is CCCc1cc(C(=O)N(C)C(C)CO)cc(NN)n1. The van der Waals surface area contributed by atoms with Gasteiger partial charge < -0.3 is 15.4 Å². The highest BCUT2D eigenvalue weighted by Gasteiger charge is 2.18. The van der Waals surface area contributed by atoms with Crippen molar-refractivity contribution in [2.24, 2.45) is 5.84 Å². The molecule has 0 aliphatic heterocycles. The molecular weight excluding hydrogens is 244 g/mol. The van der Waals surface area contributed by atoms with Gasteiger partial charge in [0.1, 0.15) is 5.82 Å². The van der Waals surface area contributed by atoms with Crippen LogP contribution < -0.4 is 11.3 Å². The third-order valence-electron chi connectivity index (χ3n) is 3.03. The van der Waals surface area contributed by atoms with Crippen LogP contribution in [0, 0.1) is 0 Å². The smallest absolute Gasteiger partial charge is 0.254 e. The number of aromatic nitrogens is 1. The van der Waals surface area contributed by atoms with Gasteiger partial charge in [-0.15, -0.1) is 0 Å². The first-order valence-electron chi connectivity index (χ1n) is 6.39. The second-order valence-electron chi connectivity index (χ2n) is 4.57. The van der Waals surface area contributed by atoms with E-state index in [4.69, 9.17) is 10.9 Å². The number of pyridine rings is 1. The molecule has 0 fully saturated rings. The average molecular weight is 266 g/mol. The predicted molar refractivity (Wildman–Crippen MR) is 74.7 cm³/mol. The second-order valence-corrected chi connectivity index (χ2v) is 4.57. The van der Waals surface area contributed by atoms with E-state index in [1.807, 2.05) is 6.92 Å². The summed E-state index contributed by atoms with van der Waals surface area (Å²) in [5, 5.41) is 9.10. The molecule has 0 bridgehead atoms. The van der Waals surface area contributed by atoms with E-state index in [9.17, 15) is 4.79 Å². The van der Waals surface area contributed by atoms with E-state index in [1.165, 1.54) is 4.90 Å². The number of rotatable bonds is 6. The van der Waals surface area contributed by atoms with Crippen molar-refractivity contribution in [3.63, 3.8) is 0 Å². The highest BCUT2D eigenvalue weighted by atomic mass is 16.3. The number of aliphatic hydroxyl groups is 1. The summed E-state index contributed by atoms with van der Waals surface area (Å²) in [5.74, 6) is 5.69. The van der Waals surface area contributed by atoms with Crippen LogP contribution in [0.5, 0.6) is 0 Å². The molecule has 1 atom stereocenters. The number of nitrogens with one attached hydrogen (secondary N) is 1. The molecular formula is C13H22N4O2. The van der Waals surface area contributed by atoms with Gasteiger partial charge in [-0.1, -0.05) is 13.3 Å². The summed E-state index contributed by atoms with van der Waals surface area (Å²) in [7, 11) is 1.67. The molecule has 1 unspecified atom stereocenters. The molecule has 6 heteroatoms. The number of nitrogens with zero attached hydrogens (tertiary/aromatic N) is 2. The maximum Gasteiger partial charge on any atom is 0.254 e. The lowest BCUT2D eigenvalue weighted by Gasteiger charge is -2.23. The molecule has 4 N–H and O–H groups in total. The first-order chi connectivity index (χ1) is 9.03. The van der Waals surface area contributed by atoms with Gasteiger partial charge in [-0.05, 0) is 25.5 Å². The molecule has 0 aromatic carbocycles. The number of nitrogens with two attached hydrogens (primary N) is 1. The zero-order valence-electron chi connectivity index (χ0n) is 11.7. The average Bonchev–Trinajstić information content (AvgIpc) is 2.44. The van der Waals surface area contributed by atoms with Crippen molar-refractivity contribution in [2.45, 2.75) is 32.7 Å². The monoisotopic (exact) mass is 266 g/mol. The van der Waals surface area contributed by atoms with Gasteiger partial charge in [0.05, 0.1) is 12.6 Å². The number of carbonyl (C=O) groups excluding carboxylic acids is 1. The van der Waals surface area contributed by atoms with Crippen LogP contribution in [0.25, 0.3) is 0 Å². The van der Waals surface area contributed by atoms with Crippen LogP contribution in [-0.4, -0.2) is 40.6 Å². The molecule has 0 saturated heterocycles. The van der Waals surface area contributed by atoms with Crippen LogP contribution in [0.4, 0.5) is 5.82 Å². The molecule has 0 radical (unpaired) electrons. The maximum absolute atomic E-state index is 12.3. The largest absolute Gasteiger partial charge is 0.394 e. The highest BCUT2D eigenvalue weighted by Crippen LogP contribution is 2.14. The van der Waals surface area contributed by atoms with E-state index in [-0.39, 0.29) is 18.6 Å². The van der Waals surface area contributed by atoms with Crippen molar-refractivity contribution < 1.29 is 9.90 Å². The summed E-state index contributed by atoms with van der Waals surface area (Å²) < 4.78 is 0. The number of carbonyl (C=O) groups is 1. The summed E-state index contributed by atoms with van der Waals surface area (Å²) in [6.07, 6.45) is 1.73. The normalized spacial score (nSPS) is 12.1. The van der Waals surface area contributed by atoms with E-state index in [0.717, 1.165) is 18.5 Å². The van der Waals surface area contributed by atoms with Crippen molar-refractivity contribution in [1.82, 2.24) is 9.88 Å². The van der Waals surface area contributed by atoms with Crippen LogP contribution >= 0.6 is 0 Å². The van der Waals surface area contributed by atoms with Crippen molar-refractivity contribution in [3.05, 3.63) is 23.4 Å². The van der Waals surface area contributed by atoms with E-state index in [1.54, 1.807) is 26.1 Å². The number of likely N-dealkylation sites (N-methyl/N-ethyl adjacent to an activating group) is 1. The third kappa shape index (κ3) is 3.90. The minimum Gasteiger partial charge on any atom is -0.394 e. The molecule has 1 aromatic rings. The fraction of sp³-hybridized carbons (Fsp3) is 0.538. The first kappa shape index (κ1) is 15.4. The quantitative estimate of drug-likeness (QED) is 0.522. The number of aliphatic hydroxyl groups excluding tert-OH is 1. The predicted octanol–water partition coefficient (Wildman–Crippen LogP) is 0.773. The number of hydrogen-bond acceptors (Lipinski definition) is 5. The first-order valence-corrected chi connectivity index (χ1v) is 6.39. The lowest BCUT2D eigenvalue weighted by atomic mass is 10.1. The van der Waals surface area contributed by atoms with Crippen LogP contribution in [0.2, 0.25) is 0 Å². The number of hydrazine groups is 1. The van der Waals surface area contributed by atoms with Crippen molar-refractivity contribution in [3.8, 4) is 0 Å². The second kappa shape index (κ2) is 7.06. The minimum atomic E-state index is -0.232. The topological polar surface area (TPSA) is 91.5 Å². The Balaban J connectivity index is 3.04. The Hall–Kier alpha value is -1.66. The minimum absolute atomic E-state index is 0.0723. The molecule has 106 valence electrons. The van der Waals surface area contributed by atoms with Crippen molar-refractivity contribution in [1.29, 1.82) is 0 Å². The molecule has 0 spiro atoms. The standard InChI is InChI=1S/C13H22N4O2/c1-4-5-11-6-10(7-12(15-11)16-14)13(19)17(3)9(2)8-18/h6-7,9,18H,4-5,8,14H2,1-3H3,(H,15,16). The summed E-state index contributed by atoms with van der Waals surface area (Å²) in [5.41, 5.74) is 3.82. The van der Waals surface area contributed by atoms with Gasteiger partial charge in [-0.25, -0.2) is 10.8 Å². The van der Waals surface area contributed by atoms with Crippen LogP contribution in [0.3, 0.4) is 0 Å². The van der Waals surface area contributed by atoms with Gasteiger partial charge in [-0.3, -0.25) is 4.79 Å². The fourth-order valence-electron chi connectivity index (χ4n) is 1.70. The van der Waals surface area contributed by atoms with Gasteiger partial charge in [0.25, 0.3) is 5.91 Å². The van der Waals surface area contributed by atoms with E-state index < -0.39 is 0 Å². The van der Waals surface area contributed by atoms with E-state index in [0.29, 0.717) is 11.4 Å². The number of amides is 1. The molecule has 6 nitrogen and oxygen atoms in total. The molecule has 1 aromatic heterocycles. The number of hydrogen-bond donors (Lipinski definition) is 3. The Kier molecular flexibility index (Phi) is 5.72. The summed E-state index contributed by atoms with van der Waals surface area (Å²) in [4.78, 5) is 18.1. The molecule has 19 heavy (non-hydrogen) atoms. The Labute approximate surface area is 113 Å². The van der Waals surface area contributed by atoms with Gasteiger partial charge in [-0.2, -0.15) is 0 Å². The van der Waals surface area contributed by atoms with Crippen molar-refractivity contribution in [2.75, 3.05) is 19.1 Å². The molecule has 1 heterocycles. The molecule has 0 aliphatic carbocycles. The summed E-state index contributed by atoms with van der Waals surface area (Å²) in [6.45, 7) is 3.76. The molecule has 0 saturated carbocycles. The molecule has 1 rings (SSSR count).